The first-order valence-corrected chi connectivity index (χ1v) is 6.73. The Morgan fingerprint density at radius 1 is 1.05 bits per heavy atom. The molecule has 0 saturated carbocycles. The smallest absolute Gasteiger partial charge is 0.209 e. The second-order valence-electron chi connectivity index (χ2n) is 3.88. The molecule has 0 unspecified atom stereocenters. The van der Waals surface area contributed by atoms with Gasteiger partial charge < -0.3 is 0 Å². The number of hydrogen-bond acceptors (Lipinski definition) is 1. The standard InChI is InChI=1S/C15H10Cl2OS/c16-11-6-7-13(14(17)9-11)12-4-2-1-3-10(12)5-8-15(18)19/h1-9H,(H,18,19). The van der Waals surface area contributed by atoms with Crippen LogP contribution in [0.5, 0.6) is 0 Å². The van der Waals surface area contributed by atoms with Gasteiger partial charge in [0.15, 0.2) is 0 Å². The zero-order valence-corrected chi connectivity index (χ0v) is 12.2. The quantitative estimate of drug-likeness (QED) is 0.614. The predicted octanol–water partition coefficient (Wildman–Crippen LogP) is 5.13. The van der Waals surface area contributed by atoms with Crippen LogP contribution >= 0.6 is 35.8 Å². The van der Waals surface area contributed by atoms with Gasteiger partial charge in [-0.2, -0.15) is 0 Å². The highest BCUT2D eigenvalue weighted by Gasteiger charge is 2.07. The fourth-order valence-electron chi connectivity index (χ4n) is 1.76. The largest absolute Gasteiger partial charge is 0.283 e. The third-order valence-electron chi connectivity index (χ3n) is 2.59. The van der Waals surface area contributed by atoms with E-state index < -0.39 is 0 Å². The van der Waals surface area contributed by atoms with Crippen molar-refractivity contribution in [2.75, 3.05) is 0 Å². The van der Waals surface area contributed by atoms with E-state index in [1.807, 2.05) is 30.3 Å². The van der Waals surface area contributed by atoms with E-state index in [1.54, 1.807) is 18.2 Å². The lowest BCUT2D eigenvalue weighted by molar-refractivity contribution is -0.106. The van der Waals surface area contributed by atoms with Crippen molar-refractivity contribution >= 4 is 47.0 Å². The molecule has 0 bridgehead atoms. The molecule has 0 aliphatic carbocycles. The SMILES string of the molecule is O=C(S)C=Cc1ccccc1-c1ccc(Cl)cc1Cl. The topological polar surface area (TPSA) is 17.1 Å². The highest BCUT2D eigenvalue weighted by Crippen LogP contribution is 2.32. The zero-order chi connectivity index (χ0) is 13.8. The summed E-state index contributed by atoms with van der Waals surface area (Å²) in [5.41, 5.74) is 2.71. The summed E-state index contributed by atoms with van der Waals surface area (Å²) < 4.78 is 0. The Bertz CT molecular complexity index is 650. The number of halogens is 2. The summed E-state index contributed by atoms with van der Waals surface area (Å²) in [5.74, 6) is 0. The molecular weight excluding hydrogens is 299 g/mol. The maximum atomic E-state index is 10.9. The monoisotopic (exact) mass is 308 g/mol. The molecule has 2 aromatic carbocycles. The van der Waals surface area contributed by atoms with Crippen molar-refractivity contribution in [3.8, 4) is 11.1 Å². The van der Waals surface area contributed by atoms with Gasteiger partial charge in [-0.1, -0.05) is 53.5 Å². The molecule has 0 fully saturated rings. The molecule has 0 saturated heterocycles. The van der Waals surface area contributed by atoms with E-state index in [-0.39, 0.29) is 5.12 Å². The molecule has 0 aliphatic rings. The minimum absolute atomic E-state index is 0.294. The van der Waals surface area contributed by atoms with Crippen LogP contribution in [0.4, 0.5) is 0 Å². The molecule has 0 atom stereocenters. The van der Waals surface area contributed by atoms with Crippen molar-refractivity contribution in [1.29, 1.82) is 0 Å². The zero-order valence-electron chi connectivity index (χ0n) is 9.81. The molecule has 0 amide bonds. The summed E-state index contributed by atoms with van der Waals surface area (Å²) in [6.45, 7) is 0. The summed E-state index contributed by atoms with van der Waals surface area (Å²) in [5, 5.41) is 0.870. The average Bonchev–Trinajstić information content (AvgIpc) is 2.37. The van der Waals surface area contributed by atoms with Gasteiger partial charge in [0.2, 0.25) is 5.12 Å². The molecule has 2 rings (SSSR count). The van der Waals surface area contributed by atoms with Crippen LogP contribution in [-0.2, 0) is 4.79 Å². The predicted molar refractivity (Wildman–Crippen MR) is 84.9 cm³/mol. The van der Waals surface area contributed by atoms with Crippen LogP contribution < -0.4 is 0 Å². The number of rotatable bonds is 3. The number of carbonyl (C=O) groups is 1. The molecule has 0 N–H and O–H groups in total. The minimum atomic E-state index is -0.294. The van der Waals surface area contributed by atoms with Gasteiger partial charge in [-0.25, -0.2) is 0 Å². The molecule has 2 aromatic rings. The fraction of sp³-hybridized carbons (Fsp3) is 0. The van der Waals surface area contributed by atoms with Crippen LogP contribution in [-0.4, -0.2) is 5.12 Å². The lowest BCUT2D eigenvalue weighted by atomic mass is 9.99. The summed E-state index contributed by atoms with van der Waals surface area (Å²) >= 11 is 15.8. The fourth-order valence-corrected chi connectivity index (χ4v) is 2.34. The molecular formula is C15H10Cl2OS. The molecule has 1 nitrogen and oxygen atoms in total. The van der Waals surface area contributed by atoms with E-state index in [4.69, 9.17) is 23.2 Å². The number of carbonyl (C=O) groups excluding carboxylic acids is 1. The Balaban J connectivity index is 2.53. The number of benzene rings is 2. The highest BCUT2D eigenvalue weighted by molar-refractivity contribution is 7.97. The third-order valence-corrected chi connectivity index (χ3v) is 3.28. The van der Waals surface area contributed by atoms with Crippen molar-refractivity contribution in [1.82, 2.24) is 0 Å². The van der Waals surface area contributed by atoms with Crippen molar-refractivity contribution in [3.05, 3.63) is 64.1 Å². The van der Waals surface area contributed by atoms with Crippen LogP contribution in [0.1, 0.15) is 5.56 Å². The van der Waals surface area contributed by atoms with Gasteiger partial charge in [-0.3, -0.25) is 4.79 Å². The average molecular weight is 309 g/mol. The van der Waals surface area contributed by atoms with Gasteiger partial charge in [-0.15, -0.1) is 12.6 Å². The maximum absolute atomic E-state index is 10.9. The molecule has 0 radical (unpaired) electrons. The third kappa shape index (κ3) is 3.63. The van der Waals surface area contributed by atoms with Gasteiger partial charge in [-0.05, 0) is 35.4 Å². The van der Waals surface area contributed by atoms with Crippen LogP contribution in [0.25, 0.3) is 17.2 Å². The molecule has 0 aromatic heterocycles. The van der Waals surface area contributed by atoms with Gasteiger partial charge in [0, 0.05) is 15.6 Å². The molecule has 0 heterocycles. The van der Waals surface area contributed by atoms with Gasteiger partial charge >= 0.3 is 0 Å². The molecule has 19 heavy (non-hydrogen) atoms. The van der Waals surface area contributed by atoms with Crippen LogP contribution in [0.3, 0.4) is 0 Å². The molecule has 4 heteroatoms. The Labute approximate surface area is 127 Å². The highest BCUT2D eigenvalue weighted by atomic mass is 35.5. The number of thiol groups is 1. The second kappa shape index (κ2) is 6.29. The molecule has 0 spiro atoms. The van der Waals surface area contributed by atoms with E-state index in [0.29, 0.717) is 10.0 Å². The Morgan fingerprint density at radius 3 is 2.47 bits per heavy atom. The van der Waals surface area contributed by atoms with E-state index in [1.165, 1.54) is 6.08 Å². The summed E-state index contributed by atoms with van der Waals surface area (Å²) in [7, 11) is 0. The van der Waals surface area contributed by atoms with Crippen LogP contribution in [0, 0.1) is 0 Å². The van der Waals surface area contributed by atoms with Gasteiger partial charge in [0.05, 0.1) is 0 Å². The van der Waals surface area contributed by atoms with Gasteiger partial charge in [0.25, 0.3) is 0 Å². The number of hydrogen-bond donors (Lipinski definition) is 1. The Kier molecular flexibility index (Phi) is 4.70. The van der Waals surface area contributed by atoms with E-state index in [0.717, 1.165) is 16.7 Å². The normalized spacial score (nSPS) is 10.9. The first kappa shape index (κ1) is 14.2. The summed E-state index contributed by atoms with van der Waals surface area (Å²) in [6.07, 6.45) is 3.13. The van der Waals surface area contributed by atoms with Crippen molar-refractivity contribution in [3.63, 3.8) is 0 Å². The van der Waals surface area contributed by atoms with Crippen LogP contribution in [0.15, 0.2) is 48.5 Å². The van der Waals surface area contributed by atoms with E-state index >= 15 is 0 Å². The molecule has 0 aliphatic heterocycles. The molecule has 96 valence electrons. The first-order valence-electron chi connectivity index (χ1n) is 5.53. The summed E-state index contributed by atoms with van der Waals surface area (Å²) in [6, 6.07) is 13.0. The lowest BCUT2D eigenvalue weighted by Gasteiger charge is -2.08. The van der Waals surface area contributed by atoms with Crippen LogP contribution in [0.2, 0.25) is 10.0 Å². The summed E-state index contributed by atoms with van der Waals surface area (Å²) in [4.78, 5) is 10.9. The maximum Gasteiger partial charge on any atom is 0.209 e. The van der Waals surface area contributed by atoms with E-state index in [2.05, 4.69) is 12.6 Å². The Hall–Kier alpha value is -1.22. The van der Waals surface area contributed by atoms with Crippen molar-refractivity contribution < 1.29 is 4.79 Å². The first-order chi connectivity index (χ1) is 9.08. The second-order valence-corrected chi connectivity index (χ2v) is 5.17. The Morgan fingerprint density at radius 2 is 1.79 bits per heavy atom. The van der Waals surface area contributed by atoms with Crippen molar-refractivity contribution in [2.24, 2.45) is 0 Å². The lowest BCUT2D eigenvalue weighted by Crippen LogP contribution is -1.85. The van der Waals surface area contributed by atoms with Gasteiger partial charge in [0.1, 0.15) is 0 Å². The van der Waals surface area contributed by atoms with E-state index in [9.17, 15) is 4.79 Å². The van der Waals surface area contributed by atoms with Crippen molar-refractivity contribution in [2.45, 2.75) is 0 Å². The minimum Gasteiger partial charge on any atom is -0.283 e.